The van der Waals surface area contributed by atoms with Crippen LogP contribution in [-0.4, -0.2) is 63.0 Å². The fraction of sp³-hybridized carbons (Fsp3) is 0.467. The van der Waals surface area contributed by atoms with Gasteiger partial charge in [0.15, 0.2) is 0 Å². The van der Waals surface area contributed by atoms with E-state index in [1.165, 1.54) is 0 Å². The lowest BCUT2D eigenvalue weighted by atomic mass is 10.2. The van der Waals surface area contributed by atoms with Crippen LogP contribution in [0.15, 0.2) is 24.3 Å². The number of piperazine rings is 1. The molecule has 0 atom stereocenters. The topological polar surface area (TPSA) is 64.7 Å². The molecule has 1 saturated heterocycles. The van der Waals surface area contributed by atoms with E-state index >= 15 is 0 Å². The third kappa shape index (κ3) is 4.61. The van der Waals surface area contributed by atoms with E-state index < -0.39 is 0 Å². The Hall–Kier alpha value is -1.79. The van der Waals surface area contributed by atoms with Crippen LogP contribution in [0.2, 0.25) is 5.02 Å². The standard InChI is InChI=1S/C15H21ClN4O2/c1-17-14(21)10-18-11-15(22)20-7-5-19(6-8-20)13-4-2-3-12(16)9-13/h2-4,9,18H,5-8,10-11H2,1H3,(H,17,21). The number of anilines is 1. The van der Waals surface area contributed by atoms with E-state index in [1.807, 2.05) is 29.2 Å². The summed E-state index contributed by atoms with van der Waals surface area (Å²) in [4.78, 5) is 27.2. The van der Waals surface area contributed by atoms with Crippen LogP contribution in [0, 0.1) is 0 Å². The summed E-state index contributed by atoms with van der Waals surface area (Å²) in [6.07, 6.45) is 0. The fourth-order valence-electron chi connectivity index (χ4n) is 2.37. The van der Waals surface area contributed by atoms with Crippen molar-refractivity contribution in [2.24, 2.45) is 0 Å². The number of amides is 2. The molecule has 0 spiro atoms. The predicted molar refractivity (Wildman–Crippen MR) is 87.2 cm³/mol. The molecule has 1 aromatic carbocycles. The first-order valence-corrected chi connectivity index (χ1v) is 7.67. The smallest absolute Gasteiger partial charge is 0.236 e. The van der Waals surface area contributed by atoms with Crippen molar-refractivity contribution in [2.45, 2.75) is 0 Å². The van der Waals surface area contributed by atoms with E-state index in [-0.39, 0.29) is 24.9 Å². The van der Waals surface area contributed by atoms with Crippen molar-refractivity contribution in [3.63, 3.8) is 0 Å². The maximum Gasteiger partial charge on any atom is 0.236 e. The van der Waals surface area contributed by atoms with Crippen molar-refractivity contribution >= 4 is 29.1 Å². The second kappa shape index (κ2) is 8.00. The molecule has 2 N–H and O–H groups in total. The number of hydrogen-bond donors (Lipinski definition) is 2. The lowest BCUT2D eigenvalue weighted by molar-refractivity contribution is -0.130. The van der Waals surface area contributed by atoms with Crippen molar-refractivity contribution in [3.05, 3.63) is 29.3 Å². The van der Waals surface area contributed by atoms with Gasteiger partial charge in [0, 0.05) is 43.9 Å². The van der Waals surface area contributed by atoms with E-state index in [4.69, 9.17) is 11.6 Å². The number of likely N-dealkylation sites (N-methyl/N-ethyl adjacent to an activating group) is 1. The summed E-state index contributed by atoms with van der Waals surface area (Å²) >= 11 is 6.01. The van der Waals surface area contributed by atoms with Crippen LogP contribution in [0.1, 0.15) is 0 Å². The minimum absolute atomic E-state index is 0.0228. The number of halogens is 1. The van der Waals surface area contributed by atoms with Gasteiger partial charge < -0.3 is 15.1 Å². The van der Waals surface area contributed by atoms with Crippen molar-refractivity contribution in [3.8, 4) is 0 Å². The highest BCUT2D eigenvalue weighted by Crippen LogP contribution is 2.20. The van der Waals surface area contributed by atoms with Crippen molar-refractivity contribution in [2.75, 3.05) is 51.2 Å². The molecule has 22 heavy (non-hydrogen) atoms. The van der Waals surface area contributed by atoms with Gasteiger partial charge in [0.05, 0.1) is 13.1 Å². The molecule has 2 rings (SSSR count). The quantitative estimate of drug-likeness (QED) is 0.819. The van der Waals surface area contributed by atoms with Crippen molar-refractivity contribution < 1.29 is 9.59 Å². The van der Waals surface area contributed by atoms with Gasteiger partial charge in [0.1, 0.15) is 0 Å². The molecule has 120 valence electrons. The van der Waals surface area contributed by atoms with Gasteiger partial charge in [-0.2, -0.15) is 0 Å². The van der Waals surface area contributed by atoms with E-state index in [2.05, 4.69) is 15.5 Å². The zero-order valence-electron chi connectivity index (χ0n) is 12.6. The molecule has 1 aliphatic rings. The monoisotopic (exact) mass is 324 g/mol. The summed E-state index contributed by atoms with van der Waals surface area (Å²) in [5.41, 5.74) is 1.08. The Morgan fingerprint density at radius 3 is 2.55 bits per heavy atom. The van der Waals surface area contributed by atoms with Crippen LogP contribution >= 0.6 is 11.6 Å². The number of carbonyl (C=O) groups excluding carboxylic acids is 2. The van der Waals surface area contributed by atoms with Gasteiger partial charge in [0.2, 0.25) is 11.8 Å². The molecular weight excluding hydrogens is 304 g/mol. The third-order valence-electron chi connectivity index (χ3n) is 3.65. The molecule has 0 aliphatic carbocycles. The van der Waals surface area contributed by atoms with E-state index in [1.54, 1.807) is 7.05 Å². The summed E-state index contributed by atoms with van der Waals surface area (Å²) < 4.78 is 0. The Morgan fingerprint density at radius 1 is 1.18 bits per heavy atom. The Morgan fingerprint density at radius 2 is 1.91 bits per heavy atom. The molecule has 1 heterocycles. The maximum absolute atomic E-state index is 12.1. The molecule has 0 saturated carbocycles. The second-order valence-electron chi connectivity index (χ2n) is 5.12. The van der Waals surface area contributed by atoms with Gasteiger partial charge in [-0.3, -0.25) is 14.9 Å². The SMILES string of the molecule is CNC(=O)CNCC(=O)N1CCN(c2cccc(Cl)c2)CC1. The molecule has 0 aromatic heterocycles. The lowest BCUT2D eigenvalue weighted by Gasteiger charge is -2.36. The average Bonchev–Trinajstić information content (AvgIpc) is 2.54. The Bertz CT molecular complexity index is 530. The zero-order chi connectivity index (χ0) is 15.9. The van der Waals surface area contributed by atoms with Gasteiger partial charge in [-0.25, -0.2) is 0 Å². The number of rotatable bonds is 5. The number of benzene rings is 1. The van der Waals surface area contributed by atoms with Gasteiger partial charge in [-0.05, 0) is 18.2 Å². The molecule has 1 aromatic rings. The van der Waals surface area contributed by atoms with E-state index in [0.717, 1.165) is 23.8 Å². The Balaban J connectivity index is 1.77. The zero-order valence-corrected chi connectivity index (χ0v) is 13.4. The fourth-order valence-corrected chi connectivity index (χ4v) is 2.55. The molecule has 1 fully saturated rings. The highest BCUT2D eigenvalue weighted by Gasteiger charge is 2.21. The van der Waals surface area contributed by atoms with Crippen molar-refractivity contribution in [1.82, 2.24) is 15.5 Å². The average molecular weight is 325 g/mol. The maximum atomic E-state index is 12.1. The Labute approximate surface area is 135 Å². The van der Waals surface area contributed by atoms with Crippen LogP contribution < -0.4 is 15.5 Å². The largest absolute Gasteiger partial charge is 0.368 e. The van der Waals surface area contributed by atoms with Crippen LogP contribution in [0.3, 0.4) is 0 Å². The molecule has 6 nitrogen and oxygen atoms in total. The first-order valence-electron chi connectivity index (χ1n) is 7.29. The van der Waals surface area contributed by atoms with Gasteiger partial charge >= 0.3 is 0 Å². The molecular formula is C15H21ClN4O2. The molecule has 7 heteroatoms. The van der Waals surface area contributed by atoms with Crippen LogP contribution in [-0.2, 0) is 9.59 Å². The normalized spacial score (nSPS) is 14.8. The number of nitrogens with one attached hydrogen (secondary N) is 2. The van der Waals surface area contributed by atoms with Gasteiger partial charge in [-0.1, -0.05) is 17.7 Å². The summed E-state index contributed by atoms with van der Waals surface area (Å²) in [5.74, 6) is -0.103. The first kappa shape index (κ1) is 16.6. The van der Waals surface area contributed by atoms with Crippen molar-refractivity contribution in [1.29, 1.82) is 0 Å². The number of nitrogens with zero attached hydrogens (tertiary/aromatic N) is 2. The summed E-state index contributed by atoms with van der Waals surface area (Å²) in [7, 11) is 1.57. The molecule has 0 unspecified atom stereocenters. The molecule has 0 radical (unpaired) electrons. The van der Waals surface area contributed by atoms with E-state index in [0.29, 0.717) is 13.1 Å². The number of carbonyl (C=O) groups is 2. The minimum atomic E-state index is -0.126. The summed E-state index contributed by atoms with van der Waals surface area (Å²) in [6.45, 7) is 3.25. The van der Waals surface area contributed by atoms with E-state index in [9.17, 15) is 9.59 Å². The predicted octanol–water partition coefficient (Wildman–Crippen LogP) is 0.324. The first-order chi connectivity index (χ1) is 10.6. The van der Waals surface area contributed by atoms with Gasteiger partial charge in [-0.15, -0.1) is 0 Å². The highest BCUT2D eigenvalue weighted by atomic mass is 35.5. The molecule has 0 bridgehead atoms. The van der Waals surface area contributed by atoms with Gasteiger partial charge in [0.25, 0.3) is 0 Å². The van der Waals surface area contributed by atoms with Crippen LogP contribution in [0.25, 0.3) is 0 Å². The number of hydrogen-bond acceptors (Lipinski definition) is 4. The lowest BCUT2D eigenvalue weighted by Crippen LogP contribution is -2.51. The summed E-state index contributed by atoms with van der Waals surface area (Å²) in [6, 6.07) is 7.74. The molecule has 2 amide bonds. The highest BCUT2D eigenvalue weighted by molar-refractivity contribution is 6.30. The summed E-state index contributed by atoms with van der Waals surface area (Å²) in [5, 5.41) is 6.07. The second-order valence-corrected chi connectivity index (χ2v) is 5.56. The Kier molecular flexibility index (Phi) is 6.03. The molecule has 1 aliphatic heterocycles. The van der Waals surface area contributed by atoms with Crippen LogP contribution in [0.5, 0.6) is 0 Å². The van der Waals surface area contributed by atoms with Crippen LogP contribution in [0.4, 0.5) is 5.69 Å². The minimum Gasteiger partial charge on any atom is -0.368 e. The third-order valence-corrected chi connectivity index (χ3v) is 3.88.